The van der Waals surface area contributed by atoms with E-state index in [0.717, 1.165) is 11.1 Å². The smallest absolute Gasteiger partial charge is 0.0580 e. The van der Waals surface area contributed by atoms with Crippen molar-refractivity contribution in [1.29, 1.82) is 0 Å². The lowest BCUT2D eigenvalue weighted by Gasteiger charge is -2.04. The van der Waals surface area contributed by atoms with Crippen molar-refractivity contribution in [2.45, 2.75) is 0 Å². The first kappa shape index (κ1) is 9.03. The molecule has 0 saturated heterocycles. The molecular weight excluding hydrogens is 196 g/mol. The zero-order valence-electron chi connectivity index (χ0n) is 7.44. The molecule has 0 saturated carbocycles. The number of nitrogens with zero attached hydrogens (tertiary/aromatic N) is 1. The maximum atomic E-state index is 5.89. The minimum atomic E-state index is 0.662. The Hall–Kier alpha value is -1.54. The number of hydrogen-bond donors (Lipinski definition) is 1. The number of nitrogen functional groups attached to an aromatic ring is 1. The van der Waals surface area contributed by atoms with Crippen molar-refractivity contribution in [1.82, 2.24) is 4.98 Å². The summed E-state index contributed by atoms with van der Waals surface area (Å²) in [6.07, 6.45) is 3.35. The van der Waals surface area contributed by atoms with Gasteiger partial charge in [-0.1, -0.05) is 23.7 Å². The summed E-state index contributed by atoms with van der Waals surface area (Å²) in [5.74, 6) is 0. The molecule has 2 aromatic rings. The number of anilines is 1. The largest absolute Gasteiger partial charge is 0.397 e. The first-order chi connectivity index (χ1) is 6.77. The van der Waals surface area contributed by atoms with Crippen LogP contribution in [0, 0.1) is 0 Å². The molecule has 1 aromatic heterocycles. The summed E-state index contributed by atoms with van der Waals surface area (Å²) in [5.41, 5.74) is 8.43. The molecule has 0 unspecified atom stereocenters. The van der Waals surface area contributed by atoms with Crippen LogP contribution in [0.25, 0.3) is 11.1 Å². The standard InChI is InChI=1S/C11H9ClN2/c12-9-3-1-2-8(6-9)10-4-5-14-7-11(10)13/h1-7H,13H2. The predicted octanol–water partition coefficient (Wildman–Crippen LogP) is 2.98. The quantitative estimate of drug-likeness (QED) is 0.776. The number of aromatic nitrogens is 1. The van der Waals surface area contributed by atoms with Crippen LogP contribution in [0.5, 0.6) is 0 Å². The summed E-state index contributed by atoms with van der Waals surface area (Å²) in [6.45, 7) is 0. The van der Waals surface area contributed by atoms with E-state index in [1.807, 2.05) is 30.3 Å². The van der Waals surface area contributed by atoms with E-state index >= 15 is 0 Å². The average molecular weight is 205 g/mol. The molecule has 14 heavy (non-hydrogen) atoms. The Kier molecular flexibility index (Phi) is 2.37. The first-order valence-electron chi connectivity index (χ1n) is 4.23. The summed E-state index contributed by atoms with van der Waals surface area (Å²) in [5, 5.41) is 0.707. The number of pyridine rings is 1. The Morgan fingerprint density at radius 2 is 2.07 bits per heavy atom. The van der Waals surface area contributed by atoms with Crippen molar-refractivity contribution in [3.05, 3.63) is 47.7 Å². The number of rotatable bonds is 1. The fourth-order valence-corrected chi connectivity index (χ4v) is 1.52. The third-order valence-corrected chi connectivity index (χ3v) is 2.22. The van der Waals surface area contributed by atoms with Crippen molar-refractivity contribution in [2.24, 2.45) is 0 Å². The van der Waals surface area contributed by atoms with Crippen molar-refractivity contribution >= 4 is 17.3 Å². The molecule has 3 heteroatoms. The van der Waals surface area contributed by atoms with Gasteiger partial charge in [0, 0.05) is 16.8 Å². The van der Waals surface area contributed by atoms with Crippen LogP contribution in [0.15, 0.2) is 42.7 Å². The molecule has 1 aromatic carbocycles. The Morgan fingerprint density at radius 3 is 2.79 bits per heavy atom. The van der Waals surface area contributed by atoms with E-state index in [-0.39, 0.29) is 0 Å². The maximum Gasteiger partial charge on any atom is 0.0580 e. The van der Waals surface area contributed by atoms with Crippen LogP contribution in [0.2, 0.25) is 5.02 Å². The molecule has 0 aliphatic heterocycles. The summed E-state index contributed by atoms with van der Waals surface area (Å²) in [7, 11) is 0. The second-order valence-electron chi connectivity index (χ2n) is 2.97. The van der Waals surface area contributed by atoms with Crippen molar-refractivity contribution in [3.8, 4) is 11.1 Å². The molecule has 2 N–H and O–H groups in total. The van der Waals surface area contributed by atoms with E-state index in [0.29, 0.717) is 10.7 Å². The Labute approximate surface area is 87.4 Å². The summed E-state index contributed by atoms with van der Waals surface area (Å²) < 4.78 is 0. The van der Waals surface area contributed by atoms with Crippen LogP contribution in [-0.2, 0) is 0 Å². The Bertz CT molecular complexity index is 455. The second kappa shape index (κ2) is 3.68. The van der Waals surface area contributed by atoms with Crippen molar-refractivity contribution in [2.75, 3.05) is 5.73 Å². The lowest BCUT2D eigenvalue weighted by atomic mass is 10.1. The van der Waals surface area contributed by atoms with Crippen molar-refractivity contribution in [3.63, 3.8) is 0 Å². The van der Waals surface area contributed by atoms with Gasteiger partial charge >= 0.3 is 0 Å². The number of hydrogen-bond acceptors (Lipinski definition) is 2. The highest BCUT2D eigenvalue weighted by Gasteiger charge is 2.01. The van der Waals surface area contributed by atoms with Crippen LogP contribution >= 0.6 is 11.6 Å². The van der Waals surface area contributed by atoms with Gasteiger partial charge in [0.1, 0.15) is 0 Å². The highest BCUT2D eigenvalue weighted by atomic mass is 35.5. The molecule has 0 aliphatic rings. The van der Waals surface area contributed by atoms with E-state index in [2.05, 4.69) is 4.98 Å². The van der Waals surface area contributed by atoms with E-state index in [9.17, 15) is 0 Å². The zero-order chi connectivity index (χ0) is 9.97. The minimum absolute atomic E-state index is 0.662. The fourth-order valence-electron chi connectivity index (χ4n) is 1.33. The normalized spacial score (nSPS) is 10.1. The molecule has 1 heterocycles. The molecule has 0 radical (unpaired) electrons. The highest BCUT2D eigenvalue weighted by Crippen LogP contribution is 2.26. The molecule has 0 bridgehead atoms. The van der Waals surface area contributed by atoms with E-state index in [1.165, 1.54) is 0 Å². The monoisotopic (exact) mass is 204 g/mol. The van der Waals surface area contributed by atoms with Gasteiger partial charge in [0.25, 0.3) is 0 Å². The molecule has 0 aliphatic carbocycles. The van der Waals surface area contributed by atoms with E-state index in [1.54, 1.807) is 12.4 Å². The fraction of sp³-hybridized carbons (Fsp3) is 0. The van der Waals surface area contributed by atoms with Gasteiger partial charge in [-0.15, -0.1) is 0 Å². The molecular formula is C11H9ClN2. The summed E-state index contributed by atoms with van der Waals surface area (Å²) >= 11 is 5.89. The average Bonchev–Trinajstić information content (AvgIpc) is 2.18. The third kappa shape index (κ3) is 1.70. The summed E-state index contributed by atoms with van der Waals surface area (Å²) in [4.78, 5) is 3.93. The minimum Gasteiger partial charge on any atom is -0.397 e. The molecule has 0 atom stereocenters. The van der Waals surface area contributed by atoms with Crippen LogP contribution in [-0.4, -0.2) is 4.98 Å². The number of nitrogens with two attached hydrogens (primary N) is 1. The van der Waals surface area contributed by atoms with Gasteiger partial charge in [-0.3, -0.25) is 4.98 Å². The molecule has 2 nitrogen and oxygen atoms in total. The van der Waals surface area contributed by atoms with Crippen LogP contribution in [0.4, 0.5) is 5.69 Å². The van der Waals surface area contributed by atoms with Gasteiger partial charge in [0.15, 0.2) is 0 Å². The maximum absolute atomic E-state index is 5.89. The zero-order valence-corrected chi connectivity index (χ0v) is 8.20. The van der Waals surface area contributed by atoms with Crippen LogP contribution in [0.3, 0.4) is 0 Å². The van der Waals surface area contributed by atoms with Gasteiger partial charge in [0.2, 0.25) is 0 Å². The summed E-state index contributed by atoms with van der Waals surface area (Å²) in [6, 6.07) is 9.46. The lowest BCUT2D eigenvalue weighted by Crippen LogP contribution is -1.90. The van der Waals surface area contributed by atoms with Gasteiger partial charge in [-0.2, -0.15) is 0 Å². The second-order valence-corrected chi connectivity index (χ2v) is 3.41. The van der Waals surface area contributed by atoms with E-state index in [4.69, 9.17) is 17.3 Å². The van der Waals surface area contributed by atoms with Gasteiger partial charge in [-0.05, 0) is 23.8 Å². The molecule has 2 rings (SSSR count). The number of halogens is 1. The molecule has 0 spiro atoms. The Morgan fingerprint density at radius 1 is 1.21 bits per heavy atom. The topological polar surface area (TPSA) is 38.9 Å². The van der Waals surface area contributed by atoms with E-state index < -0.39 is 0 Å². The highest BCUT2D eigenvalue weighted by molar-refractivity contribution is 6.30. The van der Waals surface area contributed by atoms with Gasteiger partial charge in [-0.25, -0.2) is 0 Å². The Balaban J connectivity index is 2.55. The lowest BCUT2D eigenvalue weighted by molar-refractivity contribution is 1.33. The van der Waals surface area contributed by atoms with Crippen LogP contribution < -0.4 is 5.73 Å². The molecule has 0 fully saturated rings. The predicted molar refractivity (Wildman–Crippen MR) is 59.1 cm³/mol. The van der Waals surface area contributed by atoms with Crippen LogP contribution in [0.1, 0.15) is 0 Å². The van der Waals surface area contributed by atoms with Gasteiger partial charge in [0.05, 0.1) is 11.9 Å². The molecule has 70 valence electrons. The first-order valence-corrected chi connectivity index (χ1v) is 4.60. The third-order valence-electron chi connectivity index (χ3n) is 1.99. The molecule has 0 amide bonds. The van der Waals surface area contributed by atoms with Gasteiger partial charge < -0.3 is 5.73 Å². The number of benzene rings is 1. The SMILES string of the molecule is Nc1cnccc1-c1cccc(Cl)c1. The van der Waals surface area contributed by atoms with Crippen molar-refractivity contribution < 1.29 is 0 Å².